The van der Waals surface area contributed by atoms with E-state index in [1.807, 2.05) is 29.8 Å². The van der Waals surface area contributed by atoms with Crippen LogP contribution in [0.2, 0.25) is 0 Å². The van der Waals surface area contributed by atoms with Crippen molar-refractivity contribution in [1.29, 1.82) is 0 Å². The fourth-order valence-corrected chi connectivity index (χ4v) is 3.10. The van der Waals surface area contributed by atoms with E-state index in [2.05, 4.69) is 33.2 Å². The molecule has 4 nitrogen and oxygen atoms in total. The Labute approximate surface area is 137 Å². The van der Waals surface area contributed by atoms with Gasteiger partial charge in [0, 0.05) is 23.5 Å². The van der Waals surface area contributed by atoms with Crippen molar-refractivity contribution in [3.8, 4) is 22.6 Å². The van der Waals surface area contributed by atoms with Gasteiger partial charge in [0.05, 0.1) is 5.56 Å². The highest BCUT2D eigenvalue weighted by Crippen LogP contribution is 2.31. The lowest BCUT2D eigenvalue weighted by atomic mass is 10.1. The molecule has 0 saturated carbocycles. The molecule has 0 amide bonds. The fraction of sp³-hybridized carbons (Fsp3) is 0.0556. The van der Waals surface area contributed by atoms with Crippen LogP contribution in [0.5, 0.6) is 0 Å². The van der Waals surface area contributed by atoms with Gasteiger partial charge < -0.3 is 10.2 Å². The highest BCUT2D eigenvalue weighted by Gasteiger charge is 2.16. The first-order chi connectivity index (χ1) is 11.3. The number of nitrogen functional groups attached to an aromatic ring is 1. The molecule has 0 fully saturated rings. The minimum atomic E-state index is 0.312. The van der Waals surface area contributed by atoms with Gasteiger partial charge >= 0.3 is 0 Å². The minimum absolute atomic E-state index is 0.312. The molecule has 0 saturated heterocycles. The Morgan fingerprint density at radius 1 is 1.22 bits per heavy atom. The summed E-state index contributed by atoms with van der Waals surface area (Å²) in [7, 11) is 0. The van der Waals surface area contributed by atoms with Crippen LogP contribution in [0.15, 0.2) is 63.7 Å². The Balaban J connectivity index is 1.74. The maximum Gasteiger partial charge on any atom is 0.230 e. The molecule has 5 heteroatoms. The van der Waals surface area contributed by atoms with E-state index < -0.39 is 0 Å². The monoisotopic (exact) mass is 319 g/mol. The van der Waals surface area contributed by atoms with Crippen molar-refractivity contribution < 1.29 is 4.42 Å². The van der Waals surface area contributed by atoms with Crippen molar-refractivity contribution in [3.63, 3.8) is 0 Å². The zero-order chi connectivity index (χ0) is 15.6. The number of hydrogen-bond acceptors (Lipinski definition) is 5. The van der Waals surface area contributed by atoms with E-state index in [0.29, 0.717) is 17.5 Å². The normalized spacial score (nSPS) is 13.3. The molecule has 0 radical (unpaired) electrons. The number of allylic oxidation sites excluding steroid dienone is 3. The lowest BCUT2D eigenvalue weighted by Crippen LogP contribution is -1.90. The third kappa shape index (κ3) is 2.63. The summed E-state index contributed by atoms with van der Waals surface area (Å²) in [5.74, 6) is 0.790. The predicted molar refractivity (Wildman–Crippen MR) is 92.7 cm³/mol. The Morgan fingerprint density at radius 2 is 2.13 bits per heavy atom. The molecule has 2 N–H and O–H groups in total. The Bertz CT molecular complexity index is 945. The zero-order valence-corrected chi connectivity index (χ0v) is 13.0. The van der Waals surface area contributed by atoms with Gasteiger partial charge in [-0.05, 0) is 47.0 Å². The van der Waals surface area contributed by atoms with Crippen LogP contribution in [0.25, 0.3) is 28.2 Å². The van der Waals surface area contributed by atoms with E-state index in [0.717, 1.165) is 28.7 Å². The first-order valence-corrected chi connectivity index (χ1v) is 8.11. The maximum atomic E-state index is 6.00. The Hall–Kier alpha value is -2.88. The van der Waals surface area contributed by atoms with E-state index in [9.17, 15) is 0 Å². The quantitative estimate of drug-likeness (QED) is 0.719. The average molecular weight is 319 g/mol. The summed E-state index contributed by atoms with van der Waals surface area (Å²) in [6, 6.07) is 4.07. The van der Waals surface area contributed by atoms with E-state index in [1.165, 1.54) is 0 Å². The number of anilines is 1. The molecule has 112 valence electrons. The second kappa shape index (κ2) is 5.72. The highest BCUT2D eigenvalue weighted by molar-refractivity contribution is 7.08. The van der Waals surface area contributed by atoms with Crippen LogP contribution < -0.4 is 5.73 Å². The number of nitrogens with two attached hydrogens (primary N) is 1. The van der Waals surface area contributed by atoms with Crippen LogP contribution >= 0.6 is 11.3 Å². The van der Waals surface area contributed by atoms with Gasteiger partial charge in [0.15, 0.2) is 0 Å². The topological polar surface area (TPSA) is 64.9 Å². The van der Waals surface area contributed by atoms with Crippen molar-refractivity contribution in [1.82, 2.24) is 9.97 Å². The van der Waals surface area contributed by atoms with Gasteiger partial charge in [-0.3, -0.25) is 4.98 Å². The van der Waals surface area contributed by atoms with Crippen LogP contribution in [0.1, 0.15) is 12.1 Å². The van der Waals surface area contributed by atoms with E-state index in [-0.39, 0.29) is 0 Å². The molecule has 3 heterocycles. The average Bonchev–Trinajstić information content (AvgIpc) is 3.25. The molecule has 1 aliphatic rings. The van der Waals surface area contributed by atoms with Crippen molar-refractivity contribution >= 4 is 22.8 Å². The van der Waals surface area contributed by atoms with E-state index in [4.69, 9.17) is 10.2 Å². The summed E-state index contributed by atoms with van der Waals surface area (Å²) in [4.78, 5) is 8.84. The third-order valence-electron chi connectivity index (χ3n) is 3.58. The second-order valence-corrected chi connectivity index (χ2v) is 5.90. The first kappa shape index (κ1) is 13.8. The largest absolute Gasteiger partial charge is 0.420 e. The van der Waals surface area contributed by atoms with Gasteiger partial charge in [-0.15, -0.1) is 5.73 Å². The van der Waals surface area contributed by atoms with Gasteiger partial charge in [0.2, 0.25) is 11.8 Å². The fourth-order valence-electron chi connectivity index (χ4n) is 2.43. The molecule has 0 aliphatic heterocycles. The zero-order valence-electron chi connectivity index (χ0n) is 12.2. The van der Waals surface area contributed by atoms with Crippen LogP contribution in [0, 0.1) is 0 Å². The summed E-state index contributed by atoms with van der Waals surface area (Å²) in [5.41, 5.74) is 13.6. The molecule has 3 aromatic rings. The second-order valence-electron chi connectivity index (χ2n) is 5.12. The number of hydrogen-bond donors (Lipinski definition) is 1. The number of aromatic nitrogens is 2. The van der Waals surface area contributed by atoms with Crippen LogP contribution in [0.3, 0.4) is 0 Å². The smallest absolute Gasteiger partial charge is 0.230 e. The van der Waals surface area contributed by atoms with Crippen molar-refractivity contribution in [2.75, 3.05) is 5.73 Å². The number of pyridine rings is 1. The number of thiophene rings is 1. The lowest BCUT2D eigenvalue weighted by Gasteiger charge is -2.00. The van der Waals surface area contributed by atoms with Crippen LogP contribution in [-0.2, 0) is 0 Å². The predicted octanol–water partition coefficient (Wildman–Crippen LogP) is 4.55. The van der Waals surface area contributed by atoms with Gasteiger partial charge in [-0.1, -0.05) is 6.08 Å². The molecule has 4 rings (SSSR count). The molecule has 23 heavy (non-hydrogen) atoms. The number of nitrogens with zero attached hydrogens (tertiary/aromatic N) is 2. The summed E-state index contributed by atoms with van der Waals surface area (Å²) in [6.45, 7) is 0. The van der Waals surface area contributed by atoms with E-state index in [1.54, 1.807) is 17.5 Å². The Morgan fingerprint density at radius 3 is 2.91 bits per heavy atom. The van der Waals surface area contributed by atoms with E-state index >= 15 is 0 Å². The van der Waals surface area contributed by atoms with Gasteiger partial charge in [0.1, 0.15) is 5.69 Å². The van der Waals surface area contributed by atoms with Crippen molar-refractivity contribution in [2.45, 2.75) is 6.42 Å². The van der Waals surface area contributed by atoms with Gasteiger partial charge in [-0.2, -0.15) is 11.3 Å². The van der Waals surface area contributed by atoms with Crippen molar-refractivity contribution in [2.24, 2.45) is 0 Å². The highest BCUT2D eigenvalue weighted by atomic mass is 32.1. The molecule has 1 aliphatic carbocycles. The standard InChI is InChI=1S/C18H13N3OS/c19-17-16(12-4-2-1-3-5-12)21-18(22-17)15-8-14(9-20-10-15)13-6-7-23-11-13/h1,4-11H,2,19H2. The van der Waals surface area contributed by atoms with Crippen LogP contribution in [0.4, 0.5) is 5.88 Å². The first-order valence-electron chi connectivity index (χ1n) is 7.17. The molecule has 0 unspecified atom stereocenters. The molecule has 0 bridgehead atoms. The Kier molecular flexibility index (Phi) is 3.42. The minimum Gasteiger partial charge on any atom is -0.420 e. The maximum absolute atomic E-state index is 6.00. The lowest BCUT2D eigenvalue weighted by molar-refractivity contribution is 0.593. The summed E-state index contributed by atoms with van der Waals surface area (Å²) in [6.07, 6.45) is 10.2. The molecule has 3 aromatic heterocycles. The van der Waals surface area contributed by atoms with Gasteiger partial charge in [0.25, 0.3) is 0 Å². The molecule has 0 spiro atoms. The molecular formula is C18H13N3OS. The summed E-state index contributed by atoms with van der Waals surface area (Å²) >= 11 is 1.65. The molecule has 0 aromatic carbocycles. The SMILES string of the molecule is Nc1oc(-c2cncc(-c3ccsc3)c2)nc1C1=CCC=C=C1. The van der Waals surface area contributed by atoms with Gasteiger partial charge in [-0.25, -0.2) is 4.98 Å². The number of oxazole rings is 1. The molecular weight excluding hydrogens is 306 g/mol. The molecule has 0 atom stereocenters. The number of rotatable bonds is 3. The third-order valence-corrected chi connectivity index (χ3v) is 4.26. The van der Waals surface area contributed by atoms with Crippen LogP contribution in [-0.4, -0.2) is 9.97 Å². The van der Waals surface area contributed by atoms with Crippen molar-refractivity contribution in [3.05, 3.63) is 64.9 Å². The summed E-state index contributed by atoms with van der Waals surface area (Å²) in [5, 5.41) is 4.12. The summed E-state index contributed by atoms with van der Waals surface area (Å²) < 4.78 is 5.66.